The number of hydrogen-bond donors (Lipinski definition) is 1. The van der Waals surface area contributed by atoms with E-state index in [0.717, 1.165) is 29.8 Å². The SMILES string of the molecule is COC(=O)C1(NC(=O)[C@H]2CC(=O)N(c3cccc(SC)c3)C2)CCCCC1. The lowest BCUT2D eigenvalue weighted by Gasteiger charge is -2.35. The van der Waals surface area contributed by atoms with Gasteiger partial charge in [0.25, 0.3) is 0 Å². The predicted molar refractivity (Wildman–Crippen MR) is 105 cm³/mol. The smallest absolute Gasteiger partial charge is 0.331 e. The van der Waals surface area contributed by atoms with Gasteiger partial charge in [-0.05, 0) is 37.3 Å². The van der Waals surface area contributed by atoms with Gasteiger partial charge < -0.3 is 15.0 Å². The molecule has 1 aromatic rings. The number of carbonyl (C=O) groups excluding carboxylic acids is 3. The monoisotopic (exact) mass is 390 g/mol. The van der Waals surface area contributed by atoms with Crippen molar-refractivity contribution in [3.63, 3.8) is 0 Å². The molecule has 1 aromatic carbocycles. The van der Waals surface area contributed by atoms with Crippen LogP contribution in [0.2, 0.25) is 0 Å². The lowest BCUT2D eigenvalue weighted by Crippen LogP contribution is -2.57. The molecule has 3 rings (SSSR count). The molecule has 6 nitrogen and oxygen atoms in total. The van der Waals surface area contributed by atoms with Crippen LogP contribution in [0.25, 0.3) is 0 Å². The molecular formula is C20H26N2O4S. The van der Waals surface area contributed by atoms with Crippen molar-refractivity contribution >= 4 is 35.2 Å². The summed E-state index contributed by atoms with van der Waals surface area (Å²) in [6.45, 7) is 0.333. The van der Waals surface area contributed by atoms with Gasteiger partial charge in [0.15, 0.2) is 0 Å². The van der Waals surface area contributed by atoms with E-state index in [4.69, 9.17) is 4.74 Å². The summed E-state index contributed by atoms with van der Waals surface area (Å²) >= 11 is 1.61. The number of hydrogen-bond acceptors (Lipinski definition) is 5. The van der Waals surface area contributed by atoms with E-state index in [2.05, 4.69) is 5.32 Å². The molecule has 1 aliphatic heterocycles. The first-order chi connectivity index (χ1) is 13.0. The van der Waals surface area contributed by atoms with Gasteiger partial charge in [-0.1, -0.05) is 25.3 Å². The fourth-order valence-corrected chi connectivity index (χ4v) is 4.43. The van der Waals surface area contributed by atoms with E-state index in [1.54, 1.807) is 16.7 Å². The maximum absolute atomic E-state index is 12.9. The summed E-state index contributed by atoms with van der Waals surface area (Å²) in [5.41, 5.74) is -0.137. The van der Waals surface area contributed by atoms with Crippen molar-refractivity contribution < 1.29 is 19.1 Å². The number of nitrogens with zero attached hydrogens (tertiary/aromatic N) is 1. The van der Waals surface area contributed by atoms with Crippen LogP contribution < -0.4 is 10.2 Å². The first-order valence-corrected chi connectivity index (χ1v) is 10.6. The topological polar surface area (TPSA) is 75.7 Å². The quantitative estimate of drug-likeness (QED) is 0.618. The highest BCUT2D eigenvalue weighted by atomic mass is 32.2. The third-order valence-electron chi connectivity index (χ3n) is 5.51. The summed E-state index contributed by atoms with van der Waals surface area (Å²) in [6, 6.07) is 7.74. The fraction of sp³-hybridized carbons (Fsp3) is 0.550. The molecule has 0 radical (unpaired) electrons. The van der Waals surface area contributed by atoms with Crippen molar-refractivity contribution in [2.75, 3.05) is 24.8 Å². The molecule has 2 aliphatic rings. The van der Waals surface area contributed by atoms with Crippen LogP contribution in [0, 0.1) is 5.92 Å². The van der Waals surface area contributed by atoms with E-state index in [1.165, 1.54) is 7.11 Å². The van der Waals surface area contributed by atoms with Crippen LogP contribution in [0.1, 0.15) is 38.5 Å². The molecule has 0 spiro atoms. The number of carbonyl (C=O) groups is 3. The zero-order chi connectivity index (χ0) is 19.4. The number of nitrogens with one attached hydrogen (secondary N) is 1. The molecule has 0 unspecified atom stereocenters. The van der Waals surface area contributed by atoms with Crippen LogP contribution >= 0.6 is 11.8 Å². The van der Waals surface area contributed by atoms with Crippen molar-refractivity contribution in [3.8, 4) is 0 Å². The summed E-state index contributed by atoms with van der Waals surface area (Å²) in [5, 5.41) is 2.94. The Kier molecular flexibility index (Phi) is 6.09. The maximum Gasteiger partial charge on any atom is 0.331 e. The highest BCUT2D eigenvalue weighted by Crippen LogP contribution is 2.32. The number of thioether (sulfide) groups is 1. The number of esters is 1. The van der Waals surface area contributed by atoms with Crippen molar-refractivity contribution in [2.45, 2.75) is 49.0 Å². The van der Waals surface area contributed by atoms with Gasteiger partial charge in [0.05, 0.1) is 13.0 Å². The summed E-state index contributed by atoms with van der Waals surface area (Å²) in [6.07, 6.45) is 6.14. The molecule has 1 atom stereocenters. The highest BCUT2D eigenvalue weighted by Gasteiger charge is 2.45. The first kappa shape index (κ1) is 19.7. The number of amides is 2. The van der Waals surface area contributed by atoms with Gasteiger partial charge in [-0.2, -0.15) is 0 Å². The van der Waals surface area contributed by atoms with E-state index in [-0.39, 0.29) is 24.2 Å². The Bertz CT molecular complexity index is 730. The van der Waals surface area contributed by atoms with Gasteiger partial charge in [-0.3, -0.25) is 9.59 Å². The van der Waals surface area contributed by atoms with Gasteiger partial charge in [0.2, 0.25) is 11.8 Å². The Labute approximate surface area is 164 Å². The fourth-order valence-electron chi connectivity index (χ4n) is 3.98. The van der Waals surface area contributed by atoms with Gasteiger partial charge in [-0.25, -0.2) is 4.79 Å². The summed E-state index contributed by atoms with van der Waals surface area (Å²) in [7, 11) is 1.35. The van der Waals surface area contributed by atoms with E-state index >= 15 is 0 Å². The Morgan fingerprint density at radius 1 is 1.26 bits per heavy atom. The van der Waals surface area contributed by atoms with Gasteiger partial charge >= 0.3 is 5.97 Å². The minimum absolute atomic E-state index is 0.0656. The van der Waals surface area contributed by atoms with Crippen LogP contribution in [-0.2, 0) is 19.1 Å². The van der Waals surface area contributed by atoms with Crippen LogP contribution in [0.3, 0.4) is 0 Å². The van der Waals surface area contributed by atoms with Crippen LogP contribution in [0.5, 0.6) is 0 Å². The predicted octanol–water partition coefficient (Wildman–Crippen LogP) is 2.75. The molecule has 27 heavy (non-hydrogen) atoms. The molecule has 2 amide bonds. The normalized spacial score (nSPS) is 21.8. The van der Waals surface area contributed by atoms with Crippen molar-refractivity contribution in [2.24, 2.45) is 5.92 Å². The minimum atomic E-state index is -0.945. The molecule has 2 fully saturated rings. The summed E-state index contributed by atoms with van der Waals surface area (Å²) in [5.74, 6) is -1.15. The number of ether oxygens (including phenoxy) is 1. The van der Waals surface area contributed by atoms with Crippen LogP contribution in [-0.4, -0.2) is 43.2 Å². The summed E-state index contributed by atoms with van der Waals surface area (Å²) in [4.78, 5) is 40.5. The van der Waals surface area contributed by atoms with E-state index in [0.29, 0.717) is 19.4 Å². The first-order valence-electron chi connectivity index (χ1n) is 9.34. The van der Waals surface area contributed by atoms with Crippen molar-refractivity contribution in [1.29, 1.82) is 0 Å². The molecule has 1 aliphatic carbocycles. The molecule has 1 saturated heterocycles. The molecule has 0 aromatic heterocycles. The number of rotatable bonds is 5. The van der Waals surface area contributed by atoms with Gasteiger partial charge in [0, 0.05) is 23.5 Å². The molecule has 1 N–H and O–H groups in total. The third kappa shape index (κ3) is 4.13. The maximum atomic E-state index is 12.9. The Hall–Kier alpha value is -2.02. The van der Waals surface area contributed by atoms with Crippen molar-refractivity contribution in [1.82, 2.24) is 5.32 Å². The van der Waals surface area contributed by atoms with E-state index < -0.39 is 11.5 Å². The highest BCUT2D eigenvalue weighted by molar-refractivity contribution is 7.98. The van der Waals surface area contributed by atoms with E-state index in [1.807, 2.05) is 30.5 Å². The molecule has 1 saturated carbocycles. The Morgan fingerprint density at radius 3 is 2.67 bits per heavy atom. The van der Waals surface area contributed by atoms with Gasteiger partial charge in [-0.15, -0.1) is 11.8 Å². The molecule has 0 bridgehead atoms. The summed E-state index contributed by atoms with van der Waals surface area (Å²) < 4.78 is 4.96. The molecular weight excluding hydrogens is 364 g/mol. The molecule has 146 valence electrons. The number of anilines is 1. The second-order valence-electron chi connectivity index (χ2n) is 7.23. The molecule has 1 heterocycles. The number of methoxy groups -OCH3 is 1. The average Bonchev–Trinajstić information content (AvgIpc) is 3.10. The van der Waals surface area contributed by atoms with Crippen molar-refractivity contribution in [3.05, 3.63) is 24.3 Å². The zero-order valence-electron chi connectivity index (χ0n) is 15.8. The van der Waals surface area contributed by atoms with Gasteiger partial charge in [0.1, 0.15) is 5.54 Å². The largest absolute Gasteiger partial charge is 0.467 e. The molecule has 7 heteroatoms. The lowest BCUT2D eigenvalue weighted by molar-refractivity contribution is -0.153. The Balaban J connectivity index is 1.72. The average molecular weight is 391 g/mol. The minimum Gasteiger partial charge on any atom is -0.467 e. The zero-order valence-corrected chi connectivity index (χ0v) is 16.6. The van der Waals surface area contributed by atoms with Crippen LogP contribution in [0.4, 0.5) is 5.69 Å². The standard InChI is InChI=1S/C20H26N2O4S/c1-26-19(25)20(9-4-3-5-10-20)21-18(24)14-11-17(23)22(13-14)15-7-6-8-16(12-15)27-2/h6-8,12,14H,3-5,9-11,13H2,1-2H3,(H,21,24)/t14-/m0/s1. The van der Waals surface area contributed by atoms with E-state index in [9.17, 15) is 14.4 Å². The second kappa shape index (κ2) is 8.33. The third-order valence-corrected chi connectivity index (χ3v) is 6.23. The number of benzene rings is 1. The second-order valence-corrected chi connectivity index (χ2v) is 8.11. The van der Waals surface area contributed by atoms with Crippen LogP contribution in [0.15, 0.2) is 29.2 Å². The lowest BCUT2D eigenvalue weighted by atomic mass is 9.81. The Morgan fingerprint density at radius 2 is 2.00 bits per heavy atom.